The fourth-order valence-corrected chi connectivity index (χ4v) is 3.50. The van der Waals surface area contributed by atoms with Crippen molar-refractivity contribution in [1.82, 2.24) is 0 Å². The van der Waals surface area contributed by atoms with E-state index in [0.717, 1.165) is 15.8 Å². The van der Waals surface area contributed by atoms with Gasteiger partial charge in [0.2, 0.25) is 0 Å². The molecule has 0 spiro atoms. The van der Waals surface area contributed by atoms with Gasteiger partial charge in [0.15, 0.2) is 6.61 Å². The summed E-state index contributed by atoms with van der Waals surface area (Å²) in [5.41, 5.74) is 2.73. The zero-order valence-corrected chi connectivity index (χ0v) is 14.6. The molecule has 1 amide bonds. The van der Waals surface area contributed by atoms with Crippen molar-refractivity contribution in [2.24, 2.45) is 0 Å². The van der Waals surface area contributed by atoms with Gasteiger partial charge in [0.25, 0.3) is 5.91 Å². The van der Waals surface area contributed by atoms with E-state index in [4.69, 9.17) is 4.74 Å². The lowest BCUT2D eigenvalue weighted by molar-refractivity contribution is -0.119. The molecule has 0 fully saturated rings. The molecule has 3 aromatic rings. The number of ether oxygens (including phenoxy) is 1. The third kappa shape index (κ3) is 4.22. The molecule has 0 radical (unpaired) electrons. The van der Waals surface area contributed by atoms with E-state index in [9.17, 15) is 14.0 Å². The molecule has 6 heteroatoms. The second-order valence-electron chi connectivity index (χ2n) is 5.79. The molecule has 0 saturated heterocycles. The van der Waals surface area contributed by atoms with E-state index >= 15 is 0 Å². The number of fused-ring (bicyclic) bond motifs is 1. The van der Waals surface area contributed by atoms with Crippen LogP contribution in [0.25, 0.3) is 10.1 Å². The molecule has 1 aromatic heterocycles. The summed E-state index contributed by atoms with van der Waals surface area (Å²) in [6.45, 7) is 3.49. The maximum atomic E-state index is 13.2. The van der Waals surface area contributed by atoms with Crippen LogP contribution in [0.2, 0.25) is 0 Å². The van der Waals surface area contributed by atoms with E-state index in [-0.39, 0.29) is 12.4 Å². The van der Waals surface area contributed by atoms with Crippen LogP contribution in [0, 0.1) is 19.7 Å². The largest absolute Gasteiger partial charge is 0.451 e. The van der Waals surface area contributed by atoms with Crippen molar-refractivity contribution in [3.63, 3.8) is 0 Å². The fourth-order valence-electron chi connectivity index (χ4n) is 2.56. The highest BCUT2D eigenvalue weighted by atomic mass is 32.1. The number of carbonyl (C=O) groups is 2. The summed E-state index contributed by atoms with van der Waals surface area (Å²) >= 11 is 1.20. The molecular weight excluding hydrogens is 341 g/mol. The highest BCUT2D eigenvalue weighted by molar-refractivity contribution is 7.20. The van der Waals surface area contributed by atoms with Gasteiger partial charge in [-0.2, -0.15) is 0 Å². The van der Waals surface area contributed by atoms with Gasteiger partial charge >= 0.3 is 5.97 Å². The molecule has 0 saturated carbocycles. The topological polar surface area (TPSA) is 55.4 Å². The van der Waals surface area contributed by atoms with Crippen LogP contribution in [0.3, 0.4) is 0 Å². The van der Waals surface area contributed by atoms with Crippen molar-refractivity contribution >= 4 is 39.0 Å². The molecule has 25 heavy (non-hydrogen) atoms. The number of esters is 1. The van der Waals surface area contributed by atoms with Gasteiger partial charge in [-0.15, -0.1) is 11.3 Å². The van der Waals surface area contributed by atoms with Crippen molar-refractivity contribution < 1.29 is 18.7 Å². The molecule has 128 valence electrons. The van der Waals surface area contributed by atoms with Crippen molar-refractivity contribution in [3.8, 4) is 0 Å². The third-order valence-corrected chi connectivity index (χ3v) is 4.62. The number of hydrogen-bond acceptors (Lipinski definition) is 4. The minimum Gasteiger partial charge on any atom is -0.451 e. The zero-order chi connectivity index (χ0) is 18.0. The molecule has 1 N–H and O–H groups in total. The number of hydrogen-bond donors (Lipinski definition) is 1. The Balaban J connectivity index is 1.61. The third-order valence-electron chi connectivity index (χ3n) is 3.52. The maximum absolute atomic E-state index is 13.2. The van der Waals surface area contributed by atoms with E-state index in [2.05, 4.69) is 5.32 Å². The summed E-state index contributed by atoms with van der Waals surface area (Å²) in [6, 6.07) is 11.5. The molecule has 2 aromatic carbocycles. The number of rotatable bonds is 4. The number of aryl methyl sites for hydroxylation is 2. The average Bonchev–Trinajstić information content (AvgIpc) is 2.94. The first-order valence-electron chi connectivity index (χ1n) is 7.65. The van der Waals surface area contributed by atoms with Crippen LogP contribution >= 0.6 is 11.3 Å². The summed E-state index contributed by atoms with van der Waals surface area (Å²) in [7, 11) is 0. The number of thiophene rings is 1. The van der Waals surface area contributed by atoms with E-state index in [1.54, 1.807) is 12.1 Å². The van der Waals surface area contributed by atoms with Crippen molar-refractivity contribution in [1.29, 1.82) is 0 Å². The highest BCUT2D eigenvalue weighted by Gasteiger charge is 2.14. The number of halogens is 1. The minimum absolute atomic E-state index is 0.333. The Morgan fingerprint density at radius 2 is 1.80 bits per heavy atom. The average molecular weight is 357 g/mol. The second-order valence-corrected chi connectivity index (χ2v) is 6.88. The number of benzene rings is 2. The number of amides is 1. The predicted octanol–water partition coefficient (Wildman–Crippen LogP) is 4.45. The standard InChI is InChI=1S/C19H16FNO3S/c1-11-5-12(2)7-15(6-11)21-18(22)10-24-19(23)17-9-13-8-14(20)3-4-16(13)25-17/h3-9H,10H2,1-2H3,(H,21,22). The Labute approximate surface area is 148 Å². The van der Waals surface area contributed by atoms with Crippen molar-refractivity contribution in [2.75, 3.05) is 11.9 Å². The normalized spacial score (nSPS) is 10.7. The lowest BCUT2D eigenvalue weighted by Crippen LogP contribution is -2.20. The SMILES string of the molecule is Cc1cc(C)cc(NC(=O)COC(=O)c2cc3cc(F)ccc3s2)c1. The number of nitrogens with one attached hydrogen (secondary N) is 1. The molecule has 1 heterocycles. The molecule has 0 aliphatic rings. The molecule has 3 rings (SSSR count). The zero-order valence-electron chi connectivity index (χ0n) is 13.8. The van der Waals surface area contributed by atoms with Gasteiger partial charge in [0, 0.05) is 10.4 Å². The van der Waals surface area contributed by atoms with E-state index in [1.807, 2.05) is 32.0 Å². The Kier molecular flexibility index (Phi) is 4.81. The van der Waals surface area contributed by atoms with Crippen LogP contribution < -0.4 is 5.32 Å². The van der Waals surface area contributed by atoms with Crippen LogP contribution in [0.15, 0.2) is 42.5 Å². The Bertz CT molecular complexity index is 944. The van der Waals surface area contributed by atoms with Gasteiger partial charge in [0.05, 0.1) is 0 Å². The fraction of sp³-hybridized carbons (Fsp3) is 0.158. The van der Waals surface area contributed by atoms with Crippen molar-refractivity contribution in [2.45, 2.75) is 13.8 Å². The Hall–Kier alpha value is -2.73. The Morgan fingerprint density at radius 1 is 1.08 bits per heavy atom. The van der Waals surface area contributed by atoms with Gasteiger partial charge in [-0.05, 0) is 66.8 Å². The first kappa shape index (κ1) is 17.1. The van der Waals surface area contributed by atoms with Gasteiger partial charge in [0.1, 0.15) is 10.7 Å². The first-order valence-corrected chi connectivity index (χ1v) is 8.47. The lowest BCUT2D eigenvalue weighted by Gasteiger charge is -2.08. The first-order chi connectivity index (χ1) is 11.9. The van der Waals surface area contributed by atoms with Gasteiger partial charge < -0.3 is 10.1 Å². The van der Waals surface area contributed by atoms with Gasteiger partial charge in [-0.3, -0.25) is 4.79 Å². The van der Waals surface area contributed by atoms with E-state index < -0.39 is 11.9 Å². The lowest BCUT2D eigenvalue weighted by atomic mass is 10.1. The minimum atomic E-state index is -0.600. The number of anilines is 1. The highest BCUT2D eigenvalue weighted by Crippen LogP contribution is 2.26. The molecule has 0 unspecified atom stereocenters. The number of carbonyl (C=O) groups excluding carboxylic acids is 2. The molecule has 4 nitrogen and oxygen atoms in total. The summed E-state index contributed by atoms with van der Waals surface area (Å²) in [4.78, 5) is 24.4. The van der Waals surface area contributed by atoms with Crippen LogP contribution in [0.4, 0.5) is 10.1 Å². The summed E-state index contributed by atoms with van der Waals surface area (Å²) in [6.07, 6.45) is 0. The van der Waals surface area contributed by atoms with Crippen LogP contribution in [-0.2, 0) is 9.53 Å². The van der Waals surface area contributed by atoms with Crippen LogP contribution in [0.1, 0.15) is 20.8 Å². The molecule has 0 bridgehead atoms. The smallest absolute Gasteiger partial charge is 0.348 e. The summed E-state index contributed by atoms with van der Waals surface area (Å²) in [5, 5.41) is 3.34. The maximum Gasteiger partial charge on any atom is 0.348 e. The van der Waals surface area contributed by atoms with Crippen LogP contribution in [0.5, 0.6) is 0 Å². The van der Waals surface area contributed by atoms with Gasteiger partial charge in [-0.1, -0.05) is 6.07 Å². The molecule has 0 aliphatic heterocycles. The predicted molar refractivity (Wildman–Crippen MR) is 96.6 cm³/mol. The molecule has 0 aliphatic carbocycles. The Morgan fingerprint density at radius 3 is 2.52 bits per heavy atom. The summed E-state index contributed by atoms with van der Waals surface area (Å²) < 4.78 is 19.0. The summed E-state index contributed by atoms with van der Waals surface area (Å²) in [5.74, 6) is -1.37. The molecule has 0 atom stereocenters. The second kappa shape index (κ2) is 7.03. The monoisotopic (exact) mass is 357 g/mol. The van der Waals surface area contributed by atoms with Crippen LogP contribution in [-0.4, -0.2) is 18.5 Å². The van der Waals surface area contributed by atoms with Gasteiger partial charge in [-0.25, -0.2) is 9.18 Å². The van der Waals surface area contributed by atoms with E-state index in [1.165, 1.54) is 23.5 Å². The van der Waals surface area contributed by atoms with Crippen molar-refractivity contribution in [3.05, 3.63) is 64.3 Å². The quantitative estimate of drug-likeness (QED) is 0.702. The van der Waals surface area contributed by atoms with E-state index in [0.29, 0.717) is 16.0 Å². The molecular formula is C19H16FNO3S.